The predicted octanol–water partition coefficient (Wildman–Crippen LogP) is 14.6. The maximum atomic E-state index is 2.41. The lowest BCUT2D eigenvalue weighted by Gasteiger charge is -2.29. The van der Waals surface area contributed by atoms with E-state index in [-0.39, 0.29) is 0 Å². The van der Waals surface area contributed by atoms with E-state index in [1.807, 2.05) is 0 Å². The molecule has 53 heavy (non-hydrogen) atoms. The topological polar surface area (TPSA) is 3.24 Å². The van der Waals surface area contributed by atoms with Crippen molar-refractivity contribution in [2.24, 2.45) is 0 Å². The Balaban J connectivity index is 1.29. The van der Waals surface area contributed by atoms with Crippen molar-refractivity contribution in [1.29, 1.82) is 0 Å². The van der Waals surface area contributed by atoms with Gasteiger partial charge in [0.05, 0.1) is 5.69 Å². The van der Waals surface area contributed by atoms with Gasteiger partial charge >= 0.3 is 0 Å². The van der Waals surface area contributed by atoms with E-state index >= 15 is 0 Å². The van der Waals surface area contributed by atoms with Gasteiger partial charge in [-0.1, -0.05) is 178 Å². The fourth-order valence-corrected chi connectivity index (χ4v) is 7.57. The first kappa shape index (κ1) is 33.7. The van der Waals surface area contributed by atoms with E-state index in [0.29, 0.717) is 0 Å². The van der Waals surface area contributed by atoms with Crippen molar-refractivity contribution in [3.8, 4) is 55.6 Å². The molecule has 8 aromatic rings. The number of hydrogen-bond acceptors (Lipinski definition) is 1. The smallest absolute Gasteiger partial charge is 0.0540 e. The molecule has 0 radical (unpaired) electrons. The summed E-state index contributed by atoms with van der Waals surface area (Å²) in [7, 11) is 0. The molecule has 8 rings (SSSR count). The van der Waals surface area contributed by atoms with Crippen molar-refractivity contribution in [1.82, 2.24) is 0 Å². The number of anilines is 3. The van der Waals surface area contributed by atoms with Crippen molar-refractivity contribution < 1.29 is 0 Å². The van der Waals surface area contributed by atoms with Gasteiger partial charge in [0, 0.05) is 16.9 Å². The van der Waals surface area contributed by atoms with Crippen LogP contribution in [0.15, 0.2) is 200 Å². The minimum absolute atomic E-state index is 0.979. The highest BCUT2D eigenvalue weighted by molar-refractivity contribution is 5.92. The van der Waals surface area contributed by atoms with Crippen LogP contribution in [0.3, 0.4) is 0 Å². The van der Waals surface area contributed by atoms with Crippen molar-refractivity contribution in [3.05, 3.63) is 211 Å². The first-order valence-corrected chi connectivity index (χ1v) is 18.7. The van der Waals surface area contributed by atoms with Gasteiger partial charge in [-0.25, -0.2) is 0 Å². The Morgan fingerprint density at radius 3 is 1.36 bits per heavy atom. The van der Waals surface area contributed by atoms with Gasteiger partial charge in [0.15, 0.2) is 0 Å². The van der Waals surface area contributed by atoms with Gasteiger partial charge in [-0.2, -0.15) is 0 Å². The number of aryl methyl sites for hydroxylation is 2. The van der Waals surface area contributed by atoms with Gasteiger partial charge in [-0.05, 0) is 110 Å². The zero-order valence-electron chi connectivity index (χ0n) is 30.4. The molecule has 0 aliphatic carbocycles. The molecule has 0 bridgehead atoms. The third kappa shape index (κ3) is 6.95. The van der Waals surface area contributed by atoms with E-state index < -0.39 is 0 Å². The van der Waals surface area contributed by atoms with Crippen molar-refractivity contribution >= 4 is 17.1 Å². The molecular formula is C52H43N. The second-order valence-electron chi connectivity index (χ2n) is 13.5. The molecule has 0 unspecified atom stereocenters. The number of benzene rings is 8. The molecule has 0 N–H and O–H groups in total. The molecule has 0 spiro atoms. The number of hydrogen-bond donors (Lipinski definition) is 0. The Labute approximate surface area is 314 Å². The normalized spacial score (nSPS) is 11.0. The molecule has 0 aliphatic heterocycles. The van der Waals surface area contributed by atoms with Crippen LogP contribution in [0.4, 0.5) is 17.1 Å². The second kappa shape index (κ2) is 15.4. The standard InChI is InChI=1S/C52H43N/c1-3-38-17-14-15-25-48(38)52-39(4-2)24-16-26-49(52)44-29-34-47(35-30-44)53(46-32-27-42(28-33-46)40-18-8-5-9-19-40)51-36-31-45(41-20-10-6-11-21-41)37-50(51)43-22-12-7-13-23-43/h5-37H,3-4H2,1-2H3. The molecule has 0 saturated carbocycles. The molecule has 0 fully saturated rings. The highest BCUT2D eigenvalue weighted by atomic mass is 15.1. The zero-order chi connectivity index (χ0) is 36.0. The first-order valence-electron chi connectivity index (χ1n) is 18.7. The molecule has 0 aliphatic rings. The maximum Gasteiger partial charge on any atom is 0.0540 e. The van der Waals surface area contributed by atoms with Crippen LogP contribution in [0.1, 0.15) is 25.0 Å². The molecule has 0 amide bonds. The predicted molar refractivity (Wildman–Crippen MR) is 227 cm³/mol. The monoisotopic (exact) mass is 681 g/mol. The van der Waals surface area contributed by atoms with Gasteiger partial charge in [-0.15, -0.1) is 0 Å². The highest BCUT2D eigenvalue weighted by Crippen LogP contribution is 2.44. The third-order valence-electron chi connectivity index (χ3n) is 10.3. The van der Waals surface area contributed by atoms with Crippen LogP contribution in [-0.4, -0.2) is 0 Å². The lowest BCUT2D eigenvalue weighted by atomic mass is 9.87. The van der Waals surface area contributed by atoms with Crippen molar-refractivity contribution in [2.45, 2.75) is 26.7 Å². The van der Waals surface area contributed by atoms with E-state index in [4.69, 9.17) is 0 Å². The number of rotatable bonds is 10. The molecule has 0 aromatic heterocycles. The Morgan fingerprint density at radius 2 is 0.755 bits per heavy atom. The quantitative estimate of drug-likeness (QED) is 0.139. The van der Waals surface area contributed by atoms with Crippen LogP contribution in [0.25, 0.3) is 55.6 Å². The minimum atomic E-state index is 0.979. The van der Waals surface area contributed by atoms with Gasteiger partial charge in [0.1, 0.15) is 0 Å². The Morgan fingerprint density at radius 1 is 0.321 bits per heavy atom. The van der Waals surface area contributed by atoms with Crippen LogP contribution in [0, 0.1) is 0 Å². The van der Waals surface area contributed by atoms with Gasteiger partial charge in [0.25, 0.3) is 0 Å². The molecule has 1 nitrogen and oxygen atoms in total. The summed E-state index contributed by atoms with van der Waals surface area (Å²) in [6.45, 7) is 4.51. The van der Waals surface area contributed by atoms with Crippen LogP contribution < -0.4 is 4.90 Å². The average molecular weight is 682 g/mol. The van der Waals surface area contributed by atoms with E-state index in [2.05, 4.69) is 219 Å². The summed E-state index contributed by atoms with van der Waals surface area (Å²) < 4.78 is 0. The van der Waals surface area contributed by atoms with E-state index in [0.717, 1.165) is 29.9 Å². The Kier molecular flexibility index (Phi) is 9.81. The summed E-state index contributed by atoms with van der Waals surface area (Å²) in [5, 5.41) is 0. The summed E-state index contributed by atoms with van der Waals surface area (Å²) in [5.41, 5.74) is 18.4. The van der Waals surface area contributed by atoms with Crippen LogP contribution >= 0.6 is 0 Å². The lowest BCUT2D eigenvalue weighted by molar-refractivity contribution is 1.12. The summed E-state index contributed by atoms with van der Waals surface area (Å²) in [5.74, 6) is 0. The largest absolute Gasteiger partial charge is 0.310 e. The maximum absolute atomic E-state index is 2.41. The van der Waals surface area contributed by atoms with Crippen molar-refractivity contribution in [2.75, 3.05) is 4.90 Å². The molecule has 0 atom stereocenters. The zero-order valence-corrected chi connectivity index (χ0v) is 30.4. The summed E-state index contributed by atoms with van der Waals surface area (Å²) in [6, 6.07) is 72.7. The van der Waals surface area contributed by atoms with Crippen LogP contribution in [-0.2, 0) is 12.8 Å². The highest BCUT2D eigenvalue weighted by Gasteiger charge is 2.20. The minimum Gasteiger partial charge on any atom is -0.310 e. The van der Waals surface area contributed by atoms with E-state index in [1.54, 1.807) is 0 Å². The van der Waals surface area contributed by atoms with E-state index in [1.165, 1.54) is 66.8 Å². The van der Waals surface area contributed by atoms with Gasteiger partial charge in [0.2, 0.25) is 0 Å². The third-order valence-corrected chi connectivity index (χ3v) is 10.3. The van der Waals surface area contributed by atoms with E-state index in [9.17, 15) is 0 Å². The van der Waals surface area contributed by atoms with Crippen molar-refractivity contribution in [3.63, 3.8) is 0 Å². The molecule has 0 heterocycles. The molecular weight excluding hydrogens is 639 g/mol. The molecule has 0 saturated heterocycles. The van der Waals surface area contributed by atoms with Crippen LogP contribution in [0.5, 0.6) is 0 Å². The number of nitrogens with zero attached hydrogens (tertiary/aromatic N) is 1. The lowest BCUT2D eigenvalue weighted by Crippen LogP contribution is -2.11. The second-order valence-corrected chi connectivity index (χ2v) is 13.5. The Hall–Kier alpha value is -6.44. The molecule has 1 heteroatoms. The average Bonchev–Trinajstić information content (AvgIpc) is 3.25. The molecule has 8 aromatic carbocycles. The summed E-state index contributed by atoms with van der Waals surface area (Å²) in [6.07, 6.45) is 1.98. The fraction of sp³-hybridized carbons (Fsp3) is 0.0769. The fourth-order valence-electron chi connectivity index (χ4n) is 7.57. The summed E-state index contributed by atoms with van der Waals surface area (Å²) >= 11 is 0. The van der Waals surface area contributed by atoms with Crippen LogP contribution in [0.2, 0.25) is 0 Å². The van der Waals surface area contributed by atoms with Gasteiger partial charge in [-0.3, -0.25) is 0 Å². The first-order chi connectivity index (χ1) is 26.2. The van der Waals surface area contributed by atoms with Gasteiger partial charge < -0.3 is 4.90 Å². The molecule has 256 valence electrons. The SMILES string of the molecule is CCc1ccccc1-c1c(CC)cccc1-c1ccc(N(c2ccc(-c3ccccc3)cc2)c2ccc(-c3ccccc3)cc2-c2ccccc2)cc1. The summed E-state index contributed by atoms with van der Waals surface area (Å²) in [4.78, 5) is 2.41. The Bertz CT molecular complexity index is 2430.